The Bertz CT molecular complexity index is 491. The van der Waals surface area contributed by atoms with Gasteiger partial charge in [-0.15, -0.1) is 24.8 Å². The smallest absolute Gasteiger partial charge is 0.126 e. The van der Waals surface area contributed by atoms with Crippen molar-refractivity contribution in [1.29, 1.82) is 0 Å². The second kappa shape index (κ2) is 8.63. The van der Waals surface area contributed by atoms with Crippen LogP contribution in [-0.2, 0) is 0 Å². The number of halogens is 3. The molecule has 1 saturated heterocycles. The molecule has 2 fully saturated rings. The zero-order valence-electron chi connectivity index (χ0n) is 13.6. The molecule has 0 bridgehead atoms. The van der Waals surface area contributed by atoms with Crippen LogP contribution >= 0.6 is 24.8 Å². The summed E-state index contributed by atoms with van der Waals surface area (Å²) >= 11 is 0. The molecule has 3 rings (SSSR count). The predicted octanol–water partition coefficient (Wildman–Crippen LogP) is 2.92. The van der Waals surface area contributed by atoms with E-state index in [0.29, 0.717) is 5.56 Å². The molecule has 1 unspecified atom stereocenters. The Labute approximate surface area is 150 Å². The second-order valence-corrected chi connectivity index (χ2v) is 6.64. The molecule has 1 aliphatic carbocycles. The molecule has 1 saturated carbocycles. The van der Waals surface area contributed by atoms with Gasteiger partial charge in [0.2, 0.25) is 0 Å². The molecule has 1 aromatic carbocycles. The third-order valence-corrected chi connectivity index (χ3v) is 5.19. The Morgan fingerprint density at radius 2 is 1.74 bits per heavy atom. The summed E-state index contributed by atoms with van der Waals surface area (Å²) in [7, 11) is 2.13. The molecule has 1 aromatic rings. The number of likely N-dealkylation sites (N-methyl/N-ethyl adjacent to an activating group) is 1. The van der Waals surface area contributed by atoms with E-state index >= 15 is 0 Å². The first kappa shape index (κ1) is 20.7. The summed E-state index contributed by atoms with van der Waals surface area (Å²) in [5.41, 5.74) is -0.0374. The number of piperazine rings is 1. The third-order valence-electron chi connectivity index (χ3n) is 5.19. The standard InChI is InChI=1S/C17H25FN2O.2ClH/c1-19-9-11-20(12-10-19)13-15(17(21)7-4-8-17)14-5-2-3-6-16(14)18;;/h2-3,5-6,15,21H,4,7-13H2,1H3;2*1H. The molecule has 1 atom stereocenters. The first-order chi connectivity index (χ1) is 10.1. The molecule has 0 aromatic heterocycles. The first-order valence-electron chi connectivity index (χ1n) is 7.96. The molecule has 6 heteroatoms. The average molecular weight is 365 g/mol. The number of aliphatic hydroxyl groups is 1. The predicted molar refractivity (Wildman–Crippen MR) is 96.4 cm³/mol. The highest BCUT2D eigenvalue weighted by atomic mass is 35.5. The summed E-state index contributed by atoms with van der Waals surface area (Å²) in [5, 5.41) is 10.8. The minimum absolute atomic E-state index is 0. The van der Waals surface area contributed by atoms with Crippen LogP contribution in [0.25, 0.3) is 0 Å². The van der Waals surface area contributed by atoms with E-state index in [4.69, 9.17) is 0 Å². The number of hydrogen-bond donors (Lipinski definition) is 1. The SMILES string of the molecule is CN1CCN(CC(c2ccccc2F)C2(O)CCC2)CC1.Cl.Cl. The van der Waals surface area contributed by atoms with Gasteiger partial charge in [-0.2, -0.15) is 0 Å². The average Bonchev–Trinajstić information content (AvgIpc) is 2.45. The number of rotatable bonds is 4. The van der Waals surface area contributed by atoms with E-state index in [0.717, 1.165) is 52.0 Å². The largest absolute Gasteiger partial charge is 0.389 e. The highest BCUT2D eigenvalue weighted by Crippen LogP contribution is 2.44. The van der Waals surface area contributed by atoms with Crippen LogP contribution in [0, 0.1) is 5.82 Å². The second-order valence-electron chi connectivity index (χ2n) is 6.64. The van der Waals surface area contributed by atoms with Gasteiger partial charge in [-0.05, 0) is 37.9 Å². The summed E-state index contributed by atoms with van der Waals surface area (Å²) in [6.07, 6.45) is 2.63. The third kappa shape index (κ3) is 4.58. The molecular formula is C17H27Cl2FN2O. The van der Waals surface area contributed by atoms with Crippen LogP contribution < -0.4 is 0 Å². The van der Waals surface area contributed by atoms with Gasteiger partial charge < -0.3 is 14.9 Å². The van der Waals surface area contributed by atoms with E-state index in [9.17, 15) is 9.50 Å². The van der Waals surface area contributed by atoms with Gasteiger partial charge in [-0.25, -0.2) is 4.39 Å². The van der Waals surface area contributed by atoms with Gasteiger partial charge >= 0.3 is 0 Å². The van der Waals surface area contributed by atoms with Crippen molar-refractivity contribution in [2.24, 2.45) is 0 Å². The topological polar surface area (TPSA) is 26.7 Å². The highest BCUT2D eigenvalue weighted by molar-refractivity contribution is 5.85. The van der Waals surface area contributed by atoms with E-state index in [2.05, 4.69) is 16.8 Å². The van der Waals surface area contributed by atoms with E-state index in [1.165, 1.54) is 6.07 Å². The molecule has 2 aliphatic rings. The minimum atomic E-state index is -0.717. The van der Waals surface area contributed by atoms with Gasteiger partial charge in [-0.3, -0.25) is 0 Å². The fourth-order valence-corrected chi connectivity index (χ4v) is 3.49. The Balaban J connectivity index is 0.00000132. The summed E-state index contributed by atoms with van der Waals surface area (Å²) < 4.78 is 14.2. The zero-order valence-corrected chi connectivity index (χ0v) is 15.2. The zero-order chi connectivity index (χ0) is 14.9. The summed E-state index contributed by atoms with van der Waals surface area (Å²) in [5.74, 6) is -0.298. The quantitative estimate of drug-likeness (QED) is 0.889. The summed E-state index contributed by atoms with van der Waals surface area (Å²) in [4.78, 5) is 4.68. The van der Waals surface area contributed by atoms with Gasteiger partial charge in [0, 0.05) is 38.6 Å². The van der Waals surface area contributed by atoms with Crippen LogP contribution in [0.3, 0.4) is 0 Å². The molecule has 1 aliphatic heterocycles. The van der Waals surface area contributed by atoms with Crippen molar-refractivity contribution < 1.29 is 9.50 Å². The van der Waals surface area contributed by atoms with Gasteiger partial charge in [-0.1, -0.05) is 18.2 Å². The van der Waals surface area contributed by atoms with E-state index in [-0.39, 0.29) is 36.5 Å². The lowest BCUT2D eigenvalue weighted by molar-refractivity contribution is -0.0673. The molecule has 0 spiro atoms. The fourth-order valence-electron chi connectivity index (χ4n) is 3.49. The van der Waals surface area contributed by atoms with E-state index in [1.54, 1.807) is 6.07 Å². The molecule has 0 radical (unpaired) electrons. The number of benzene rings is 1. The Morgan fingerprint density at radius 1 is 1.13 bits per heavy atom. The van der Waals surface area contributed by atoms with Crippen molar-refractivity contribution in [2.75, 3.05) is 39.8 Å². The van der Waals surface area contributed by atoms with Crippen LogP contribution in [-0.4, -0.2) is 60.3 Å². The van der Waals surface area contributed by atoms with Gasteiger partial charge in [0.1, 0.15) is 5.82 Å². The van der Waals surface area contributed by atoms with Crippen LogP contribution in [0.2, 0.25) is 0 Å². The van der Waals surface area contributed by atoms with Gasteiger partial charge in [0.05, 0.1) is 5.60 Å². The van der Waals surface area contributed by atoms with Crippen molar-refractivity contribution in [3.63, 3.8) is 0 Å². The maximum absolute atomic E-state index is 14.2. The fraction of sp³-hybridized carbons (Fsp3) is 0.647. The maximum atomic E-state index is 14.2. The van der Waals surface area contributed by atoms with Crippen LogP contribution in [0.4, 0.5) is 4.39 Å². The Kier molecular flexibility index (Phi) is 7.75. The van der Waals surface area contributed by atoms with Gasteiger partial charge in [0.15, 0.2) is 0 Å². The molecule has 132 valence electrons. The van der Waals surface area contributed by atoms with E-state index < -0.39 is 5.60 Å². The Morgan fingerprint density at radius 3 is 2.26 bits per heavy atom. The van der Waals surface area contributed by atoms with Crippen molar-refractivity contribution in [3.8, 4) is 0 Å². The summed E-state index contributed by atoms with van der Waals surface area (Å²) in [6, 6.07) is 6.94. The first-order valence-corrected chi connectivity index (χ1v) is 7.96. The Hall–Kier alpha value is -0.390. The van der Waals surface area contributed by atoms with E-state index in [1.807, 2.05) is 12.1 Å². The molecule has 0 amide bonds. The number of hydrogen-bond acceptors (Lipinski definition) is 3. The normalized spacial score (nSPS) is 22.4. The van der Waals surface area contributed by atoms with Crippen molar-refractivity contribution in [3.05, 3.63) is 35.6 Å². The number of nitrogens with zero attached hydrogens (tertiary/aromatic N) is 2. The lowest BCUT2D eigenvalue weighted by atomic mass is 9.68. The minimum Gasteiger partial charge on any atom is -0.389 e. The maximum Gasteiger partial charge on any atom is 0.126 e. The van der Waals surface area contributed by atoms with Crippen molar-refractivity contribution in [1.82, 2.24) is 9.80 Å². The molecule has 1 heterocycles. The van der Waals surface area contributed by atoms with Crippen LogP contribution in [0.1, 0.15) is 30.7 Å². The van der Waals surface area contributed by atoms with Crippen molar-refractivity contribution in [2.45, 2.75) is 30.8 Å². The lowest BCUT2D eigenvalue weighted by Gasteiger charge is -2.46. The summed E-state index contributed by atoms with van der Waals surface area (Å²) in [6.45, 7) is 4.84. The molecule has 23 heavy (non-hydrogen) atoms. The van der Waals surface area contributed by atoms with Crippen molar-refractivity contribution >= 4 is 24.8 Å². The van der Waals surface area contributed by atoms with Gasteiger partial charge in [0.25, 0.3) is 0 Å². The highest BCUT2D eigenvalue weighted by Gasteiger charge is 2.44. The molecule has 1 N–H and O–H groups in total. The molecular weight excluding hydrogens is 338 g/mol. The lowest BCUT2D eigenvalue weighted by Crippen LogP contribution is -2.51. The van der Waals surface area contributed by atoms with Crippen LogP contribution in [0.5, 0.6) is 0 Å². The molecule has 3 nitrogen and oxygen atoms in total. The monoisotopic (exact) mass is 364 g/mol. The van der Waals surface area contributed by atoms with Crippen LogP contribution in [0.15, 0.2) is 24.3 Å².